The molecule has 1 heterocycles. The molecule has 1 aromatic carbocycles. The van der Waals surface area contributed by atoms with Crippen LogP contribution in [0.15, 0.2) is 38.7 Å². The maximum Gasteiger partial charge on any atom is 0.255 e. The number of rotatable bonds is 6. The molecule has 8 heteroatoms. The van der Waals surface area contributed by atoms with Gasteiger partial charge in [0.1, 0.15) is 0 Å². The molecule has 2 aromatic rings. The second-order valence-electron chi connectivity index (χ2n) is 4.73. The van der Waals surface area contributed by atoms with E-state index in [9.17, 15) is 9.59 Å². The number of nitrogens with zero attached hydrogens (tertiary/aromatic N) is 1. The van der Waals surface area contributed by atoms with Crippen LogP contribution in [0.4, 0.5) is 5.69 Å². The number of carbonyl (C=O) groups excluding carboxylic acids is 1. The van der Waals surface area contributed by atoms with Gasteiger partial charge in [-0.25, -0.2) is 4.98 Å². The number of hydrogen-bond acceptors (Lipinski definition) is 5. The second kappa shape index (κ2) is 8.28. The van der Waals surface area contributed by atoms with E-state index < -0.39 is 0 Å². The Hall–Kier alpha value is -1.64. The number of amides is 1. The van der Waals surface area contributed by atoms with Crippen molar-refractivity contribution < 1.29 is 9.90 Å². The number of aromatic nitrogens is 2. The van der Waals surface area contributed by atoms with Crippen LogP contribution in [0.25, 0.3) is 0 Å². The first-order valence-electron chi connectivity index (χ1n) is 6.89. The molecule has 0 fully saturated rings. The molecule has 0 atom stereocenters. The minimum Gasteiger partial charge on any atom is -0.396 e. The van der Waals surface area contributed by atoms with Crippen molar-refractivity contribution in [3.63, 3.8) is 0 Å². The lowest BCUT2D eigenvalue weighted by atomic mass is 10.2. The van der Waals surface area contributed by atoms with E-state index in [1.165, 1.54) is 0 Å². The highest BCUT2D eigenvalue weighted by Crippen LogP contribution is 2.21. The van der Waals surface area contributed by atoms with Gasteiger partial charge in [0, 0.05) is 28.8 Å². The van der Waals surface area contributed by atoms with Crippen molar-refractivity contribution in [3.05, 3.63) is 50.3 Å². The average molecular weight is 398 g/mol. The molecule has 1 aromatic heterocycles. The molecule has 0 aliphatic heterocycles. The fraction of sp³-hybridized carbons (Fsp3) is 0.267. The average Bonchev–Trinajstić information content (AvgIpc) is 2.51. The highest BCUT2D eigenvalue weighted by atomic mass is 79.9. The van der Waals surface area contributed by atoms with E-state index >= 15 is 0 Å². The molecular formula is C15H16BrN3O3S. The number of anilines is 1. The van der Waals surface area contributed by atoms with Gasteiger partial charge >= 0.3 is 0 Å². The van der Waals surface area contributed by atoms with Gasteiger partial charge in [0.15, 0.2) is 5.16 Å². The summed E-state index contributed by atoms with van der Waals surface area (Å²) in [5.41, 5.74) is 1.44. The summed E-state index contributed by atoms with van der Waals surface area (Å²) < 4.78 is 0.800. The Bertz CT molecular complexity index is 764. The number of aromatic amines is 1. The first-order chi connectivity index (χ1) is 11.0. The molecule has 0 unspecified atom stereocenters. The number of H-pyrrole nitrogens is 1. The fourth-order valence-electron chi connectivity index (χ4n) is 1.94. The minimum atomic E-state index is -0.278. The van der Waals surface area contributed by atoms with Gasteiger partial charge in [-0.1, -0.05) is 23.9 Å². The number of nitrogens with one attached hydrogen (secondary N) is 2. The summed E-state index contributed by atoms with van der Waals surface area (Å²) in [6, 6.07) is 7.32. The topological polar surface area (TPSA) is 95.1 Å². The van der Waals surface area contributed by atoms with Gasteiger partial charge in [-0.2, -0.15) is 0 Å². The summed E-state index contributed by atoms with van der Waals surface area (Å²) in [6.45, 7) is 1.61. The Morgan fingerprint density at radius 1 is 1.43 bits per heavy atom. The smallest absolute Gasteiger partial charge is 0.255 e. The van der Waals surface area contributed by atoms with Crippen LogP contribution < -0.4 is 10.9 Å². The third-order valence-electron chi connectivity index (χ3n) is 3.05. The summed E-state index contributed by atoms with van der Waals surface area (Å²) in [6.07, 6.45) is 0.266. The van der Waals surface area contributed by atoms with Crippen molar-refractivity contribution in [2.75, 3.05) is 17.7 Å². The van der Waals surface area contributed by atoms with Gasteiger partial charge in [-0.15, -0.1) is 0 Å². The number of para-hydroxylation sites is 1. The van der Waals surface area contributed by atoms with Crippen LogP contribution >= 0.6 is 27.7 Å². The predicted octanol–water partition coefficient (Wildman–Crippen LogP) is 2.11. The monoisotopic (exact) mass is 397 g/mol. The van der Waals surface area contributed by atoms with Crippen LogP contribution in [0.3, 0.4) is 0 Å². The van der Waals surface area contributed by atoms with Crippen molar-refractivity contribution in [2.24, 2.45) is 0 Å². The Labute approximate surface area is 145 Å². The van der Waals surface area contributed by atoms with Crippen molar-refractivity contribution in [2.45, 2.75) is 18.5 Å². The van der Waals surface area contributed by atoms with Gasteiger partial charge in [0.25, 0.3) is 5.56 Å². The van der Waals surface area contributed by atoms with E-state index in [4.69, 9.17) is 5.11 Å². The first kappa shape index (κ1) is 17.7. The lowest BCUT2D eigenvalue weighted by Gasteiger charge is -2.08. The normalized spacial score (nSPS) is 10.6. The number of aryl methyl sites for hydroxylation is 1. The van der Waals surface area contributed by atoms with Crippen molar-refractivity contribution in [3.8, 4) is 0 Å². The molecule has 0 saturated carbocycles. The van der Waals surface area contributed by atoms with E-state index in [1.807, 2.05) is 18.2 Å². The van der Waals surface area contributed by atoms with Gasteiger partial charge in [-0.3, -0.25) is 9.59 Å². The van der Waals surface area contributed by atoms with Crippen molar-refractivity contribution in [1.29, 1.82) is 0 Å². The number of aliphatic hydroxyl groups excluding tert-OH is 1. The van der Waals surface area contributed by atoms with Gasteiger partial charge in [0.05, 0.1) is 11.4 Å². The number of benzene rings is 1. The molecule has 0 radical (unpaired) electrons. The zero-order valence-electron chi connectivity index (χ0n) is 12.4. The number of aliphatic hydroxyl groups is 1. The maximum absolute atomic E-state index is 12.0. The molecule has 0 aliphatic rings. The van der Waals surface area contributed by atoms with Crippen LogP contribution in [0, 0.1) is 6.92 Å². The molecule has 0 saturated heterocycles. The lowest BCUT2D eigenvalue weighted by molar-refractivity contribution is -0.113. The summed E-state index contributed by atoms with van der Waals surface area (Å²) in [5.74, 6) is -0.0649. The molecule has 0 bridgehead atoms. The largest absolute Gasteiger partial charge is 0.396 e. The predicted molar refractivity (Wildman–Crippen MR) is 93.9 cm³/mol. The van der Waals surface area contributed by atoms with E-state index in [0.29, 0.717) is 22.1 Å². The molecule has 23 heavy (non-hydrogen) atoms. The molecule has 0 aliphatic carbocycles. The summed E-state index contributed by atoms with van der Waals surface area (Å²) in [7, 11) is 0. The van der Waals surface area contributed by atoms with Crippen LogP contribution in [-0.4, -0.2) is 33.3 Å². The molecule has 2 rings (SSSR count). The van der Waals surface area contributed by atoms with Crippen LogP contribution in [0.5, 0.6) is 0 Å². The molecule has 122 valence electrons. The Kier molecular flexibility index (Phi) is 6.37. The molecule has 1 amide bonds. The molecule has 6 nitrogen and oxygen atoms in total. The zero-order valence-corrected chi connectivity index (χ0v) is 14.8. The standard InChI is InChI=1S/C15H16BrN3O3S/c1-9-10(6-7-20)14(22)19-15(17-9)23-8-13(21)18-12-5-3-2-4-11(12)16/h2-5,20H,6-8H2,1H3,(H,18,21)(H,17,19,22). The summed E-state index contributed by atoms with van der Waals surface area (Å²) in [4.78, 5) is 30.8. The number of halogens is 1. The number of carbonyl (C=O) groups is 1. The third kappa shape index (κ3) is 4.92. The van der Waals surface area contributed by atoms with Crippen LogP contribution in [0.2, 0.25) is 0 Å². The fourth-order valence-corrected chi connectivity index (χ4v) is 3.03. The number of thioether (sulfide) groups is 1. The lowest BCUT2D eigenvalue weighted by Crippen LogP contribution is -2.19. The van der Waals surface area contributed by atoms with E-state index in [2.05, 4.69) is 31.2 Å². The van der Waals surface area contributed by atoms with E-state index in [0.717, 1.165) is 16.2 Å². The summed E-state index contributed by atoms with van der Waals surface area (Å²) in [5, 5.41) is 12.1. The van der Waals surface area contributed by atoms with Gasteiger partial charge < -0.3 is 15.4 Å². The third-order valence-corrected chi connectivity index (χ3v) is 4.62. The Morgan fingerprint density at radius 2 is 2.17 bits per heavy atom. The highest BCUT2D eigenvalue weighted by molar-refractivity contribution is 9.10. The van der Waals surface area contributed by atoms with Crippen LogP contribution in [-0.2, 0) is 11.2 Å². The van der Waals surface area contributed by atoms with E-state index in [-0.39, 0.29) is 30.2 Å². The van der Waals surface area contributed by atoms with Gasteiger partial charge in [0.2, 0.25) is 5.91 Å². The molecule has 3 N–H and O–H groups in total. The highest BCUT2D eigenvalue weighted by Gasteiger charge is 2.10. The number of hydrogen-bond donors (Lipinski definition) is 3. The van der Waals surface area contributed by atoms with Crippen molar-refractivity contribution in [1.82, 2.24) is 9.97 Å². The first-order valence-corrected chi connectivity index (χ1v) is 8.67. The van der Waals surface area contributed by atoms with Crippen LogP contribution in [0.1, 0.15) is 11.3 Å². The maximum atomic E-state index is 12.0. The molecule has 0 spiro atoms. The zero-order chi connectivity index (χ0) is 16.8. The minimum absolute atomic E-state index is 0.105. The van der Waals surface area contributed by atoms with Gasteiger partial charge in [-0.05, 0) is 35.0 Å². The quantitative estimate of drug-likeness (QED) is 0.512. The van der Waals surface area contributed by atoms with E-state index in [1.54, 1.807) is 13.0 Å². The van der Waals surface area contributed by atoms with Crippen molar-refractivity contribution >= 4 is 39.3 Å². The Balaban J connectivity index is 1.99. The summed E-state index contributed by atoms with van der Waals surface area (Å²) >= 11 is 4.51. The second-order valence-corrected chi connectivity index (χ2v) is 6.54. The Morgan fingerprint density at radius 3 is 2.83 bits per heavy atom. The SMILES string of the molecule is Cc1nc(SCC(=O)Nc2ccccc2Br)[nH]c(=O)c1CCO. The molecular weight excluding hydrogens is 382 g/mol.